The highest BCUT2D eigenvalue weighted by molar-refractivity contribution is 5.52. The molecular weight excluding hydrogens is 177 g/mol. The second kappa shape index (κ2) is 4.99. The molecule has 0 unspecified atom stereocenters. The molecule has 78 valence electrons. The molecule has 0 aliphatic carbocycles. The van der Waals surface area contributed by atoms with Gasteiger partial charge in [-0.15, -0.1) is 0 Å². The summed E-state index contributed by atoms with van der Waals surface area (Å²) in [5.41, 5.74) is 1.62. The van der Waals surface area contributed by atoms with E-state index in [1.807, 2.05) is 13.0 Å². The molecule has 0 amide bonds. The molecule has 0 saturated carbocycles. The van der Waals surface area contributed by atoms with Gasteiger partial charge in [0, 0.05) is 6.04 Å². The van der Waals surface area contributed by atoms with Crippen LogP contribution in [0, 0.1) is 12.7 Å². The molecule has 0 spiro atoms. The van der Waals surface area contributed by atoms with Crippen LogP contribution >= 0.6 is 0 Å². The fourth-order valence-corrected chi connectivity index (χ4v) is 1.51. The Balaban J connectivity index is 2.84. The smallest absolute Gasteiger partial charge is 0.146 e. The van der Waals surface area contributed by atoms with Crippen LogP contribution in [0.25, 0.3) is 0 Å². The highest BCUT2D eigenvalue weighted by atomic mass is 19.1. The Hall–Kier alpha value is -1.05. The second-order valence-corrected chi connectivity index (χ2v) is 3.59. The molecular formula is C12H18FN. The topological polar surface area (TPSA) is 12.0 Å². The number of hydrogen-bond donors (Lipinski definition) is 1. The fraction of sp³-hybridized carbons (Fsp3) is 0.500. The van der Waals surface area contributed by atoms with Crippen LogP contribution in [0.5, 0.6) is 0 Å². The van der Waals surface area contributed by atoms with Crippen LogP contribution in [0.3, 0.4) is 0 Å². The van der Waals surface area contributed by atoms with Crippen molar-refractivity contribution in [2.24, 2.45) is 0 Å². The van der Waals surface area contributed by atoms with Crippen molar-refractivity contribution in [2.45, 2.75) is 39.7 Å². The van der Waals surface area contributed by atoms with E-state index in [0.717, 1.165) is 18.4 Å². The first kappa shape index (κ1) is 11.0. The van der Waals surface area contributed by atoms with Crippen molar-refractivity contribution < 1.29 is 4.39 Å². The predicted octanol–water partition coefficient (Wildman–Crippen LogP) is 3.73. The molecule has 0 aliphatic rings. The maximum Gasteiger partial charge on any atom is 0.146 e. The number of hydrogen-bond acceptors (Lipinski definition) is 1. The summed E-state index contributed by atoms with van der Waals surface area (Å²) >= 11 is 0. The molecule has 1 aromatic rings. The Kier molecular flexibility index (Phi) is 3.93. The summed E-state index contributed by atoms with van der Waals surface area (Å²) in [6.45, 7) is 6.14. The van der Waals surface area contributed by atoms with Crippen LogP contribution in [0.1, 0.15) is 32.3 Å². The predicted molar refractivity (Wildman–Crippen MR) is 59.1 cm³/mol. The normalized spacial score (nSPS) is 10.6. The number of aryl methyl sites for hydroxylation is 1. The molecule has 1 aromatic carbocycles. The summed E-state index contributed by atoms with van der Waals surface area (Å²) < 4.78 is 13.4. The first-order chi connectivity index (χ1) is 6.69. The lowest BCUT2D eigenvalue weighted by Gasteiger charge is -2.18. The third-order valence-electron chi connectivity index (χ3n) is 2.56. The van der Waals surface area contributed by atoms with E-state index in [9.17, 15) is 4.39 Å². The summed E-state index contributed by atoms with van der Waals surface area (Å²) in [5.74, 6) is -0.156. The standard InChI is InChI=1S/C12H18FN/c1-4-10(5-2)14-12-9(3)7-6-8-11(12)13/h6-8,10,14H,4-5H2,1-3H3. The SMILES string of the molecule is CCC(CC)Nc1c(C)cccc1F. The van der Waals surface area contributed by atoms with Crippen molar-refractivity contribution in [1.29, 1.82) is 0 Å². The lowest BCUT2D eigenvalue weighted by Crippen LogP contribution is -2.18. The number of para-hydroxylation sites is 1. The quantitative estimate of drug-likeness (QED) is 0.771. The van der Waals surface area contributed by atoms with E-state index < -0.39 is 0 Å². The third kappa shape index (κ3) is 2.47. The molecule has 0 atom stereocenters. The Bertz CT molecular complexity index is 272. The minimum Gasteiger partial charge on any atom is -0.380 e. The monoisotopic (exact) mass is 195 g/mol. The maximum absolute atomic E-state index is 13.4. The molecule has 0 fully saturated rings. The van der Waals surface area contributed by atoms with Gasteiger partial charge in [0.1, 0.15) is 5.82 Å². The van der Waals surface area contributed by atoms with E-state index in [2.05, 4.69) is 19.2 Å². The molecule has 1 rings (SSSR count). The van der Waals surface area contributed by atoms with E-state index in [4.69, 9.17) is 0 Å². The molecule has 1 nitrogen and oxygen atoms in total. The number of rotatable bonds is 4. The van der Waals surface area contributed by atoms with Crippen molar-refractivity contribution in [1.82, 2.24) is 0 Å². The van der Waals surface area contributed by atoms with Gasteiger partial charge in [0.25, 0.3) is 0 Å². The van der Waals surface area contributed by atoms with Crippen molar-refractivity contribution in [3.8, 4) is 0 Å². The second-order valence-electron chi connectivity index (χ2n) is 3.59. The lowest BCUT2D eigenvalue weighted by atomic mass is 10.1. The summed E-state index contributed by atoms with van der Waals surface area (Å²) in [4.78, 5) is 0. The van der Waals surface area contributed by atoms with Gasteiger partial charge in [0.15, 0.2) is 0 Å². The van der Waals surface area contributed by atoms with Crippen LogP contribution < -0.4 is 5.32 Å². The Morgan fingerprint density at radius 1 is 1.29 bits per heavy atom. The van der Waals surface area contributed by atoms with Gasteiger partial charge < -0.3 is 5.32 Å². The van der Waals surface area contributed by atoms with Crippen molar-refractivity contribution in [3.63, 3.8) is 0 Å². The zero-order valence-electron chi connectivity index (χ0n) is 9.10. The van der Waals surface area contributed by atoms with E-state index in [-0.39, 0.29) is 5.82 Å². The van der Waals surface area contributed by atoms with E-state index in [1.54, 1.807) is 6.07 Å². The number of benzene rings is 1. The Morgan fingerprint density at radius 2 is 1.93 bits per heavy atom. The van der Waals surface area contributed by atoms with Gasteiger partial charge in [-0.1, -0.05) is 26.0 Å². The minimum absolute atomic E-state index is 0.156. The van der Waals surface area contributed by atoms with Crippen molar-refractivity contribution in [3.05, 3.63) is 29.6 Å². The van der Waals surface area contributed by atoms with Gasteiger partial charge in [-0.3, -0.25) is 0 Å². The zero-order chi connectivity index (χ0) is 10.6. The summed E-state index contributed by atoms with van der Waals surface area (Å²) in [6.07, 6.45) is 2.04. The summed E-state index contributed by atoms with van der Waals surface area (Å²) in [5, 5.41) is 3.24. The molecule has 0 aliphatic heterocycles. The highest BCUT2D eigenvalue weighted by Gasteiger charge is 2.08. The largest absolute Gasteiger partial charge is 0.380 e. The van der Waals surface area contributed by atoms with Gasteiger partial charge in [0.2, 0.25) is 0 Å². The van der Waals surface area contributed by atoms with Gasteiger partial charge in [0.05, 0.1) is 5.69 Å². The van der Waals surface area contributed by atoms with Crippen molar-refractivity contribution >= 4 is 5.69 Å². The van der Waals surface area contributed by atoms with Crippen LogP contribution in [0.4, 0.5) is 10.1 Å². The summed E-state index contributed by atoms with van der Waals surface area (Å²) in [7, 11) is 0. The van der Waals surface area contributed by atoms with Gasteiger partial charge >= 0.3 is 0 Å². The fourth-order valence-electron chi connectivity index (χ4n) is 1.51. The molecule has 14 heavy (non-hydrogen) atoms. The van der Waals surface area contributed by atoms with E-state index in [0.29, 0.717) is 11.7 Å². The number of halogens is 1. The molecule has 2 heteroatoms. The first-order valence-electron chi connectivity index (χ1n) is 5.20. The van der Waals surface area contributed by atoms with Crippen LogP contribution in [-0.4, -0.2) is 6.04 Å². The molecule has 0 radical (unpaired) electrons. The van der Waals surface area contributed by atoms with Gasteiger partial charge in [-0.2, -0.15) is 0 Å². The number of anilines is 1. The Labute approximate surface area is 85.3 Å². The zero-order valence-corrected chi connectivity index (χ0v) is 9.10. The van der Waals surface area contributed by atoms with Gasteiger partial charge in [-0.05, 0) is 31.4 Å². The minimum atomic E-state index is -0.156. The maximum atomic E-state index is 13.4. The average Bonchev–Trinajstić information content (AvgIpc) is 2.18. The molecule has 1 N–H and O–H groups in total. The highest BCUT2D eigenvalue weighted by Crippen LogP contribution is 2.20. The van der Waals surface area contributed by atoms with Crippen LogP contribution in [0.15, 0.2) is 18.2 Å². The number of nitrogens with one attached hydrogen (secondary N) is 1. The molecule has 0 heterocycles. The average molecular weight is 195 g/mol. The van der Waals surface area contributed by atoms with Gasteiger partial charge in [-0.25, -0.2) is 4.39 Å². The van der Waals surface area contributed by atoms with Crippen LogP contribution in [-0.2, 0) is 0 Å². The summed E-state index contributed by atoms with van der Waals surface area (Å²) in [6, 6.07) is 5.53. The molecule has 0 aromatic heterocycles. The first-order valence-corrected chi connectivity index (χ1v) is 5.20. The Morgan fingerprint density at radius 3 is 2.43 bits per heavy atom. The third-order valence-corrected chi connectivity index (χ3v) is 2.56. The van der Waals surface area contributed by atoms with Crippen LogP contribution in [0.2, 0.25) is 0 Å². The van der Waals surface area contributed by atoms with E-state index in [1.165, 1.54) is 6.07 Å². The van der Waals surface area contributed by atoms with Crippen molar-refractivity contribution in [2.75, 3.05) is 5.32 Å². The molecule has 0 saturated heterocycles. The molecule has 0 bridgehead atoms. The lowest BCUT2D eigenvalue weighted by molar-refractivity contribution is 0.614. The van der Waals surface area contributed by atoms with E-state index >= 15 is 0 Å².